The zero-order valence-electron chi connectivity index (χ0n) is 20.0. The molecule has 3 rings (SSSR count). The highest BCUT2D eigenvalue weighted by Gasteiger charge is 2.42. The molecule has 2 aromatic carbocycles. The monoisotopic (exact) mass is 499 g/mol. The molecule has 0 amide bonds. The zero-order valence-corrected chi connectivity index (χ0v) is 20.8. The molecule has 7 heteroatoms. The molecular formula is C28H29ClF3N3. The summed E-state index contributed by atoms with van der Waals surface area (Å²) in [5, 5.41) is 13.2. The first-order valence-electron chi connectivity index (χ1n) is 11.6. The third-order valence-corrected chi connectivity index (χ3v) is 6.23. The van der Waals surface area contributed by atoms with Crippen LogP contribution in [0.4, 0.5) is 13.2 Å². The average molecular weight is 500 g/mol. The molecule has 3 aromatic rings. The Morgan fingerprint density at radius 3 is 2.51 bits per heavy atom. The summed E-state index contributed by atoms with van der Waals surface area (Å²) in [5.41, 5.74) is 2.81. The van der Waals surface area contributed by atoms with Gasteiger partial charge in [-0.25, -0.2) is 0 Å². The molecule has 184 valence electrons. The predicted octanol–water partition coefficient (Wildman–Crippen LogP) is 7.96. The molecule has 0 fully saturated rings. The van der Waals surface area contributed by atoms with Gasteiger partial charge in [-0.05, 0) is 48.2 Å². The van der Waals surface area contributed by atoms with Crippen LogP contribution in [-0.2, 0) is 6.54 Å². The van der Waals surface area contributed by atoms with Gasteiger partial charge >= 0.3 is 6.18 Å². The van der Waals surface area contributed by atoms with Gasteiger partial charge in [-0.15, -0.1) is 0 Å². The van der Waals surface area contributed by atoms with Crippen molar-refractivity contribution in [3.8, 4) is 6.07 Å². The van der Waals surface area contributed by atoms with E-state index >= 15 is 0 Å². The first kappa shape index (κ1) is 26.6. The normalized spacial score (nSPS) is 14.4. The number of hydrogen-bond donors (Lipinski definition) is 1. The molecule has 0 bridgehead atoms. The lowest BCUT2D eigenvalue weighted by atomic mass is 10.0. The molecular weight excluding hydrogens is 471 g/mol. The number of benzene rings is 2. The van der Waals surface area contributed by atoms with E-state index in [1.54, 1.807) is 41.1 Å². The largest absolute Gasteiger partial charge is 0.407 e. The number of aromatic nitrogens is 1. The Kier molecular flexibility index (Phi) is 8.82. The lowest BCUT2D eigenvalue weighted by Gasteiger charge is -2.22. The van der Waals surface area contributed by atoms with Gasteiger partial charge < -0.3 is 4.57 Å². The van der Waals surface area contributed by atoms with E-state index in [1.165, 1.54) is 0 Å². The predicted molar refractivity (Wildman–Crippen MR) is 136 cm³/mol. The van der Waals surface area contributed by atoms with E-state index in [4.69, 9.17) is 11.6 Å². The smallest absolute Gasteiger partial charge is 0.343 e. The van der Waals surface area contributed by atoms with Gasteiger partial charge in [0, 0.05) is 40.8 Å². The van der Waals surface area contributed by atoms with E-state index in [1.807, 2.05) is 51.1 Å². The van der Waals surface area contributed by atoms with Crippen molar-refractivity contribution in [1.29, 1.82) is 5.26 Å². The van der Waals surface area contributed by atoms with Crippen molar-refractivity contribution in [2.75, 3.05) is 6.54 Å². The van der Waals surface area contributed by atoms with Gasteiger partial charge in [0.1, 0.15) is 6.04 Å². The van der Waals surface area contributed by atoms with Crippen LogP contribution in [0, 0.1) is 17.2 Å². The van der Waals surface area contributed by atoms with Gasteiger partial charge in [-0.3, -0.25) is 5.32 Å². The summed E-state index contributed by atoms with van der Waals surface area (Å²) in [7, 11) is 0. The maximum atomic E-state index is 14.3. The van der Waals surface area contributed by atoms with Crippen LogP contribution >= 0.6 is 11.6 Å². The van der Waals surface area contributed by atoms with E-state index in [9.17, 15) is 18.4 Å². The number of nitrogens with one attached hydrogen (secondary N) is 1. The molecule has 0 radical (unpaired) electrons. The maximum Gasteiger partial charge on any atom is 0.407 e. The first-order valence-corrected chi connectivity index (χ1v) is 11.9. The van der Waals surface area contributed by atoms with Crippen molar-refractivity contribution in [3.63, 3.8) is 0 Å². The van der Waals surface area contributed by atoms with Gasteiger partial charge in [-0.1, -0.05) is 68.3 Å². The van der Waals surface area contributed by atoms with E-state index in [0.29, 0.717) is 28.0 Å². The second-order valence-electron chi connectivity index (χ2n) is 8.67. The number of nitriles is 1. The van der Waals surface area contributed by atoms with E-state index in [0.717, 1.165) is 17.6 Å². The van der Waals surface area contributed by atoms with Gasteiger partial charge in [0.15, 0.2) is 0 Å². The quantitative estimate of drug-likeness (QED) is 0.303. The van der Waals surface area contributed by atoms with Crippen LogP contribution < -0.4 is 5.32 Å². The third-order valence-electron chi connectivity index (χ3n) is 5.98. The second-order valence-corrected chi connectivity index (χ2v) is 9.10. The molecule has 0 saturated heterocycles. The second kappa shape index (κ2) is 11.6. The Morgan fingerprint density at radius 2 is 1.91 bits per heavy atom. The summed E-state index contributed by atoms with van der Waals surface area (Å²) in [6.45, 7) is 6.38. The van der Waals surface area contributed by atoms with E-state index in [2.05, 4.69) is 11.4 Å². The van der Waals surface area contributed by atoms with Crippen molar-refractivity contribution in [2.45, 2.75) is 46.0 Å². The van der Waals surface area contributed by atoms with Crippen molar-refractivity contribution >= 4 is 22.5 Å². The minimum atomic E-state index is -4.51. The number of nitrogens with zero attached hydrogens (tertiary/aromatic N) is 2. The number of allylic oxidation sites excluding steroid dienone is 2. The third kappa shape index (κ3) is 6.78. The summed E-state index contributed by atoms with van der Waals surface area (Å²) in [4.78, 5) is 0. The van der Waals surface area contributed by atoms with Crippen LogP contribution in [0.3, 0.4) is 0 Å². The zero-order chi connectivity index (χ0) is 25.6. The molecule has 1 aromatic heterocycles. The Bertz CT molecular complexity index is 1250. The first-order chi connectivity index (χ1) is 16.7. The minimum Gasteiger partial charge on any atom is -0.343 e. The fourth-order valence-electron chi connectivity index (χ4n) is 4.03. The number of rotatable bonds is 9. The van der Waals surface area contributed by atoms with Crippen LogP contribution in [0.2, 0.25) is 5.02 Å². The number of alkyl halides is 3. The average Bonchev–Trinajstić information content (AvgIpc) is 3.16. The number of fused-ring (bicyclic) bond motifs is 1. The van der Waals surface area contributed by atoms with Crippen LogP contribution in [0.5, 0.6) is 0 Å². The number of hydrogen-bond acceptors (Lipinski definition) is 2. The fraction of sp³-hybridized carbons (Fsp3) is 0.321. The number of halogens is 4. The Morgan fingerprint density at radius 1 is 1.20 bits per heavy atom. The Hall–Kier alpha value is -3.01. The van der Waals surface area contributed by atoms with Crippen LogP contribution in [0.1, 0.15) is 49.9 Å². The summed E-state index contributed by atoms with van der Waals surface area (Å²) >= 11 is 5.98. The van der Waals surface area contributed by atoms with Gasteiger partial charge in [-0.2, -0.15) is 18.4 Å². The summed E-state index contributed by atoms with van der Waals surface area (Å²) in [6, 6.07) is 12.2. The molecule has 35 heavy (non-hydrogen) atoms. The van der Waals surface area contributed by atoms with Crippen molar-refractivity contribution < 1.29 is 13.2 Å². The fourth-order valence-corrected chi connectivity index (χ4v) is 4.16. The van der Waals surface area contributed by atoms with E-state index < -0.39 is 12.2 Å². The molecule has 0 aliphatic rings. The summed E-state index contributed by atoms with van der Waals surface area (Å²) in [5.74, 6) is 0.262. The van der Waals surface area contributed by atoms with Crippen LogP contribution in [0.25, 0.3) is 10.9 Å². The Labute approximate surface area is 209 Å². The lowest BCUT2D eigenvalue weighted by Crippen LogP contribution is -2.35. The van der Waals surface area contributed by atoms with Crippen molar-refractivity contribution in [2.24, 2.45) is 5.92 Å². The molecule has 1 heterocycles. The summed E-state index contributed by atoms with van der Waals surface area (Å²) < 4.78 is 44.8. The highest BCUT2D eigenvalue weighted by Crippen LogP contribution is 2.38. The highest BCUT2D eigenvalue weighted by atomic mass is 35.5. The van der Waals surface area contributed by atoms with Gasteiger partial charge in [0.05, 0.1) is 11.6 Å². The molecule has 0 saturated carbocycles. The van der Waals surface area contributed by atoms with E-state index in [-0.39, 0.29) is 18.0 Å². The van der Waals surface area contributed by atoms with Gasteiger partial charge in [0.25, 0.3) is 0 Å². The maximum absolute atomic E-state index is 14.3. The molecule has 1 N–H and O–H groups in total. The SMILES string of the molecule is C/C=C\C(=C/C(C)CC)CNC(c1cn(Cc2ccc(Cl)cc2)c2cc(C#N)ccc12)C(F)(F)F. The molecule has 0 aliphatic heterocycles. The molecule has 0 aliphatic carbocycles. The molecule has 2 atom stereocenters. The van der Waals surface area contributed by atoms with Gasteiger partial charge in [0.2, 0.25) is 0 Å². The van der Waals surface area contributed by atoms with Crippen LogP contribution in [-0.4, -0.2) is 17.3 Å². The summed E-state index contributed by atoms with van der Waals surface area (Å²) in [6.07, 6.45) is 3.62. The van der Waals surface area contributed by atoms with Crippen molar-refractivity contribution in [3.05, 3.63) is 94.2 Å². The van der Waals surface area contributed by atoms with Crippen molar-refractivity contribution in [1.82, 2.24) is 9.88 Å². The Balaban J connectivity index is 2.05. The molecule has 3 nitrogen and oxygen atoms in total. The lowest BCUT2D eigenvalue weighted by molar-refractivity contribution is -0.156. The highest BCUT2D eigenvalue weighted by molar-refractivity contribution is 6.30. The molecule has 2 unspecified atom stereocenters. The minimum absolute atomic E-state index is 0.0823. The topological polar surface area (TPSA) is 40.8 Å². The molecule has 0 spiro atoms. The van der Waals surface area contributed by atoms with Crippen LogP contribution in [0.15, 0.2) is 72.5 Å². The standard InChI is InChI=1S/C28H29ClF3N3/c1-4-6-22(13-19(3)5-2)16-34-27(28(30,31)32)25-18-35(17-20-7-10-23(29)11-8-20)26-14-21(15-33)9-12-24(25)26/h4,6-14,18-19,27,34H,5,16-17H2,1-3H3/b6-4-,22-13+.